The van der Waals surface area contributed by atoms with E-state index < -0.39 is 0 Å². The molecule has 2 unspecified atom stereocenters. The van der Waals surface area contributed by atoms with Crippen LogP contribution in [0, 0.1) is 0 Å². The summed E-state index contributed by atoms with van der Waals surface area (Å²) in [5.41, 5.74) is 13.3. The summed E-state index contributed by atoms with van der Waals surface area (Å²) in [5, 5.41) is 0. The number of nitrogens with zero attached hydrogens (tertiary/aromatic N) is 2. The minimum atomic E-state index is -0.0968. The van der Waals surface area contributed by atoms with E-state index in [0.717, 1.165) is 12.8 Å². The molecule has 0 heterocycles. The van der Waals surface area contributed by atoms with Crippen LogP contribution in [0.1, 0.15) is 95.9 Å². The monoisotopic (exact) mass is 779 g/mol. The Hall–Kier alpha value is 0.139. The topological polar surface area (TPSA) is 6.02 Å². The number of hydrogen-bond donors (Lipinski definition) is 0. The van der Waals surface area contributed by atoms with Gasteiger partial charge in [-0.1, -0.05) is 0 Å². The first-order valence-electron chi connectivity index (χ1n) is 14.8. The second kappa shape index (κ2) is 16.7. The largest absolute Gasteiger partial charge is 1.00 e. The molecule has 0 saturated carbocycles. The third-order valence-corrected chi connectivity index (χ3v) is 13.5. The fourth-order valence-corrected chi connectivity index (χ4v) is 7.93. The molecule has 0 fully saturated rings. The van der Waals surface area contributed by atoms with Crippen LogP contribution >= 0.6 is 23.6 Å². The van der Waals surface area contributed by atoms with Gasteiger partial charge in [0.2, 0.25) is 0 Å². The Bertz CT molecular complexity index is 1380. The Balaban J connectivity index is 0.000000807. The predicted octanol–water partition coefficient (Wildman–Crippen LogP) is 1.57. The molecule has 4 aliphatic carbocycles. The number of hydrogen-bond acceptors (Lipinski definition) is 0. The molecular formula is C36H48Cl5N2Ti2+2. The van der Waals surface area contributed by atoms with Gasteiger partial charge >= 0.3 is 292 Å². The summed E-state index contributed by atoms with van der Waals surface area (Å²) in [6.45, 7) is 26.2. The van der Waals surface area contributed by atoms with Crippen LogP contribution in [0.4, 0.5) is 0 Å². The van der Waals surface area contributed by atoms with Gasteiger partial charge in [0, 0.05) is 0 Å². The molecule has 0 bridgehead atoms. The predicted molar refractivity (Wildman–Crippen MR) is 175 cm³/mol. The molecule has 0 aromatic carbocycles. The van der Waals surface area contributed by atoms with Crippen LogP contribution in [0.25, 0.3) is 0 Å². The van der Waals surface area contributed by atoms with Crippen LogP contribution in [-0.4, -0.2) is 30.7 Å². The Morgan fingerprint density at radius 2 is 1.04 bits per heavy atom. The molecule has 0 aromatic rings. The molecule has 45 heavy (non-hydrogen) atoms. The van der Waals surface area contributed by atoms with Gasteiger partial charge in [-0.15, -0.1) is 0 Å². The van der Waals surface area contributed by atoms with Crippen molar-refractivity contribution in [3.8, 4) is 0 Å². The summed E-state index contributed by atoms with van der Waals surface area (Å²) in [6, 6.07) is 0. The zero-order valence-electron chi connectivity index (χ0n) is 28.8. The van der Waals surface area contributed by atoms with Crippen molar-refractivity contribution in [2.45, 2.75) is 114 Å². The Morgan fingerprint density at radius 1 is 0.667 bits per heavy atom. The maximum Gasteiger partial charge on any atom is -1.00 e. The van der Waals surface area contributed by atoms with E-state index in [9.17, 15) is 0 Å². The molecule has 0 saturated heterocycles. The number of halogens is 5. The van der Waals surface area contributed by atoms with Gasteiger partial charge in [0.25, 0.3) is 0 Å². The average Bonchev–Trinajstić information content (AvgIpc) is 3.25. The van der Waals surface area contributed by atoms with Crippen LogP contribution in [0.5, 0.6) is 0 Å². The van der Waals surface area contributed by atoms with Gasteiger partial charge < -0.3 is 37.2 Å². The summed E-state index contributed by atoms with van der Waals surface area (Å²) in [7, 11) is 0. The number of rotatable bonds is 2. The molecular weight excluding hydrogens is 733 g/mol. The maximum atomic E-state index is 6.69. The van der Waals surface area contributed by atoms with Crippen molar-refractivity contribution in [1.29, 1.82) is 0 Å². The van der Waals surface area contributed by atoms with Crippen LogP contribution in [0.3, 0.4) is 0 Å². The fraction of sp³-hybridized carbons (Fsp3) is 0.500. The van der Waals surface area contributed by atoms with Crippen LogP contribution in [0.2, 0.25) is 7.44 Å². The Labute approximate surface area is 326 Å². The van der Waals surface area contributed by atoms with Crippen molar-refractivity contribution < 1.29 is 86.3 Å². The molecule has 2 nitrogen and oxygen atoms in total. The quantitative estimate of drug-likeness (QED) is 0.297. The van der Waals surface area contributed by atoms with Gasteiger partial charge in [-0.25, -0.2) is 0 Å². The van der Waals surface area contributed by atoms with Gasteiger partial charge in [0.1, 0.15) is 0 Å². The summed E-state index contributed by atoms with van der Waals surface area (Å²) < 4.78 is 3.76. The second-order valence-corrected chi connectivity index (χ2v) is 17.0. The standard InChI is InChI=1S/2C18H24ClN.3ClH.2Ti/c2*1-12-11-13(2)17(14(12)3)15-9-7-8-10-16(15)20(19)18(4,5)6;;;;;/h2*7-9,11H,10H2,1-6H3;3*1H;;/q2*+1;;;;;+3/p-3. The Morgan fingerprint density at radius 3 is 1.40 bits per heavy atom. The van der Waals surface area contributed by atoms with E-state index >= 15 is 0 Å². The van der Waals surface area contributed by atoms with Crippen molar-refractivity contribution in [3.05, 3.63) is 93.2 Å². The van der Waals surface area contributed by atoms with Gasteiger partial charge in [0.05, 0.1) is 0 Å². The van der Waals surface area contributed by atoms with Crippen molar-refractivity contribution in [2.75, 3.05) is 0 Å². The van der Waals surface area contributed by atoms with Crippen LogP contribution in [-0.2, 0) is 40.9 Å². The zero-order valence-corrected chi connectivity index (χ0v) is 35.7. The molecule has 0 radical (unpaired) electrons. The van der Waals surface area contributed by atoms with E-state index in [0.29, 0.717) is 0 Å². The summed E-state index contributed by atoms with van der Waals surface area (Å²) in [4.78, 5) is 0. The first kappa shape index (κ1) is 45.1. The Kier molecular flexibility index (Phi) is 16.7. The van der Waals surface area contributed by atoms with E-state index in [-0.39, 0.29) is 55.7 Å². The summed E-state index contributed by atoms with van der Waals surface area (Å²) in [5.74, 6) is 0. The SMILES string of the molecule is CC1=CC(C)=C(C)[C]1([Ti+3])C1=CC=CCC1=[N+](Cl)C(C)(C)C.CC1=CC(C)=C(C)[C]1([Ti])C1=CC=CCC1=[N+](Cl)C(C)(C)C.[Cl-].[Cl-].[Cl-]. The molecule has 0 amide bonds. The van der Waals surface area contributed by atoms with E-state index in [1.807, 2.05) is 8.19 Å². The summed E-state index contributed by atoms with van der Waals surface area (Å²) in [6.07, 6.45) is 19.6. The van der Waals surface area contributed by atoms with E-state index in [4.69, 9.17) is 23.6 Å². The molecule has 2 atom stereocenters. The minimum Gasteiger partial charge on any atom is -1.00 e. The zero-order chi connectivity index (χ0) is 32.0. The third-order valence-electron chi connectivity index (χ3n) is 8.86. The summed E-state index contributed by atoms with van der Waals surface area (Å²) >= 11 is 18.0. The van der Waals surface area contributed by atoms with E-state index in [1.165, 1.54) is 56.0 Å². The van der Waals surface area contributed by atoms with Crippen LogP contribution in [0.15, 0.2) is 93.2 Å². The van der Waals surface area contributed by atoms with E-state index in [2.05, 4.69) is 173 Å². The van der Waals surface area contributed by atoms with Gasteiger partial charge in [-0.05, 0) is 0 Å². The van der Waals surface area contributed by atoms with Gasteiger partial charge in [-0.2, -0.15) is 0 Å². The average molecular weight is 782 g/mol. The maximum absolute atomic E-state index is 6.69. The molecule has 4 aliphatic rings. The smallest absolute Gasteiger partial charge is 1.00 e. The molecule has 243 valence electrons. The first-order valence-corrected chi connectivity index (χ1v) is 17.1. The van der Waals surface area contributed by atoms with Crippen molar-refractivity contribution >= 4 is 35.0 Å². The first-order chi connectivity index (χ1) is 19.2. The number of allylic oxidation sites excluding steroid dienone is 16. The van der Waals surface area contributed by atoms with E-state index in [1.54, 1.807) is 0 Å². The van der Waals surface area contributed by atoms with Crippen molar-refractivity contribution in [1.82, 2.24) is 0 Å². The molecule has 4 rings (SSSR count). The molecule has 0 N–H and O–H groups in total. The molecule has 9 heteroatoms. The second-order valence-electron chi connectivity index (χ2n) is 14.0. The normalized spacial score (nSPS) is 26.8. The van der Waals surface area contributed by atoms with Crippen LogP contribution < -0.4 is 37.2 Å². The molecule has 0 aliphatic heterocycles. The minimum absolute atomic E-state index is 0. The fourth-order valence-electron chi connectivity index (χ4n) is 6.06. The van der Waals surface area contributed by atoms with Gasteiger partial charge in [0.15, 0.2) is 0 Å². The third kappa shape index (κ3) is 8.84. The van der Waals surface area contributed by atoms with Crippen molar-refractivity contribution in [2.24, 2.45) is 0 Å². The van der Waals surface area contributed by atoms with Crippen molar-refractivity contribution in [3.63, 3.8) is 0 Å². The molecule has 0 spiro atoms. The molecule has 0 aromatic heterocycles. The van der Waals surface area contributed by atoms with Gasteiger partial charge in [-0.3, -0.25) is 0 Å².